The predicted octanol–water partition coefficient (Wildman–Crippen LogP) is 3.13. The third-order valence-corrected chi connectivity index (χ3v) is 3.55. The van der Waals surface area contributed by atoms with Crippen molar-refractivity contribution in [2.24, 2.45) is 0 Å². The van der Waals surface area contributed by atoms with Crippen LogP contribution in [0.2, 0.25) is 0 Å². The Morgan fingerprint density at radius 1 is 1.17 bits per heavy atom. The fraction of sp³-hybridized carbons (Fsp3) is 0.214. The molecule has 1 unspecified atom stereocenters. The van der Waals surface area contributed by atoms with Crippen LogP contribution in [0.25, 0.3) is 0 Å². The molecule has 1 heterocycles. The van der Waals surface area contributed by atoms with Gasteiger partial charge in [0.1, 0.15) is 5.82 Å². The van der Waals surface area contributed by atoms with Crippen LogP contribution in [0.4, 0.5) is 4.39 Å². The molecule has 0 aliphatic heterocycles. The van der Waals surface area contributed by atoms with Crippen LogP contribution in [-0.4, -0.2) is 16.2 Å². The first kappa shape index (κ1) is 13.2. The molecule has 2 rings (SSSR count). The van der Waals surface area contributed by atoms with Crippen LogP contribution >= 0.6 is 15.9 Å². The van der Waals surface area contributed by atoms with Crippen molar-refractivity contribution in [3.8, 4) is 0 Å². The molecular formula is C14H13BrFNO. The van der Waals surface area contributed by atoms with Gasteiger partial charge in [-0.15, -0.1) is 0 Å². The zero-order valence-electron chi connectivity index (χ0n) is 9.68. The van der Waals surface area contributed by atoms with Crippen molar-refractivity contribution in [1.82, 2.24) is 4.98 Å². The van der Waals surface area contributed by atoms with E-state index >= 15 is 0 Å². The van der Waals surface area contributed by atoms with Crippen LogP contribution in [-0.2, 0) is 12.8 Å². The number of hydrogen-bond acceptors (Lipinski definition) is 2. The molecule has 94 valence electrons. The predicted molar refractivity (Wildman–Crippen MR) is 71.8 cm³/mol. The molecule has 0 saturated heterocycles. The van der Waals surface area contributed by atoms with Gasteiger partial charge < -0.3 is 5.11 Å². The molecule has 0 fully saturated rings. The molecule has 4 heteroatoms. The molecule has 2 aromatic rings. The summed E-state index contributed by atoms with van der Waals surface area (Å²) in [7, 11) is 0. The van der Waals surface area contributed by atoms with Crippen LogP contribution in [0.3, 0.4) is 0 Å². The maximum atomic E-state index is 13.3. The van der Waals surface area contributed by atoms with Gasteiger partial charge in [-0.1, -0.05) is 18.2 Å². The minimum absolute atomic E-state index is 0.308. The smallest absolute Gasteiger partial charge is 0.137 e. The van der Waals surface area contributed by atoms with Crippen molar-refractivity contribution in [1.29, 1.82) is 0 Å². The van der Waals surface area contributed by atoms with Gasteiger partial charge in [0.15, 0.2) is 0 Å². The highest BCUT2D eigenvalue weighted by molar-refractivity contribution is 9.10. The molecule has 0 aliphatic rings. The summed E-state index contributed by atoms with van der Waals surface area (Å²) in [6, 6.07) is 10.4. The zero-order chi connectivity index (χ0) is 13.0. The minimum atomic E-state index is -0.571. The van der Waals surface area contributed by atoms with Crippen molar-refractivity contribution in [2.45, 2.75) is 18.9 Å². The Balaban J connectivity index is 2.03. The summed E-state index contributed by atoms with van der Waals surface area (Å²) in [5.41, 5.74) is 1.59. The number of halogens is 2. The number of rotatable bonds is 4. The van der Waals surface area contributed by atoms with E-state index < -0.39 is 6.10 Å². The molecular weight excluding hydrogens is 297 g/mol. The van der Waals surface area contributed by atoms with Crippen molar-refractivity contribution in [3.63, 3.8) is 0 Å². The second-order valence-electron chi connectivity index (χ2n) is 4.10. The number of aliphatic hydroxyl groups is 1. The first-order valence-electron chi connectivity index (χ1n) is 5.67. The second-order valence-corrected chi connectivity index (χ2v) is 4.89. The summed E-state index contributed by atoms with van der Waals surface area (Å²) in [6.07, 6.45) is 1.98. The van der Waals surface area contributed by atoms with Gasteiger partial charge in [0.25, 0.3) is 0 Å². The fourth-order valence-corrected chi connectivity index (χ4v) is 2.22. The molecule has 1 aromatic heterocycles. The lowest BCUT2D eigenvalue weighted by atomic mass is 10.0. The molecule has 0 bridgehead atoms. The maximum Gasteiger partial charge on any atom is 0.137 e. The van der Waals surface area contributed by atoms with E-state index in [-0.39, 0.29) is 5.82 Å². The quantitative estimate of drug-likeness (QED) is 0.941. The Labute approximate surface area is 114 Å². The number of benzene rings is 1. The van der Waals surface area contributed by atoms with E-state index in [2.05, 4.69) is 20.9 Å². The van der Waals surface area contributed by atoms with Gasteiger partial charge in [0.05, 0.1) is 10.6 Å². The van der Waals surface area contributed by atoms with Gasteiger partial charge in [-0.2, -0.15) is 0 Å². The highest BCUT2D eigenvalue weighted by Gasteiger charge is 2.11. The van der Waals surface area contributed by atoms with Crippen LogP contribution in [0.15, 0.2) is 47.1 Å². The summed E-state index contributed by atoms with van der Waals surface area (Å²) < 4.78 is 13.7. The number of pyridine rings is 1. The average Bonchev–Trinajstić information content (AvgIpc) is 2.36. The minimum Gasteiger partial charge on any atom is -0.392 e. The number of aromatic nitrogens is 1. The highest BCUT2D eigenvalue weighted by Crippen LogP contribution is 2.22. The molecule has 0 aliphatic carbocycles. The Hall–Kier alpha value is -1.26. The molecule has 1 aromatic carbocycles. The Morgan fingerprint density at radius 3 is 2.72 bits per heavy atom. The number of nitrogens with zero attached hydrogens (tertiary/aromatic N) is 1. The van der Waals surface area contributed by atoms with Crippen LogP contribution < -0.4 is 0 Å². The van der Waals surface area contributed by atoms with Gasteiger partial charge in [0.2, 0.25) is 0 Å². The summed E-state index contributed by atoms with van der Waals surface area (Å²) in [4.78, 5) is 4.15. The van der Waals surface area contributed by atoms with E-state index in [4.69, 9.17) is 0 Å². The van der Waals surface area contributed by atoms with Crippen molar-refractivity contribution >= 4 is 15.9 Å². The molecule has 0 amide bonds. The largest absolute Gasteiger partial charge is 0.392 e. The lowest BCUT2D eigenvalue weighted by Gasteiger charge is -2.11. The van der Waals surface area contributed by atoms with E-state index in [0.29, 0.717) is 17.3 Å². The molecule has 1 atom stereocenters. The Morgan fingerprint density at radius 2 is 2.00 bits per heavy atom. The monoisotopic (exact) mass is 309 g/mol. The second kappa shape index (κ2) is 6.07. The van der Waals surface area contributed by atoms with Gasteiger partial charge in [-0.3, -0.25) is 4.98 Å². The topological polar surface area (TPSA) is 33.1 Å². The zero-order valence-corrected chi connectivity index (χ0v) is 11.3. The highest BCUT2D eigenvalue weighted by atomic mass is 79.9. The lowest BCUT2D eigenvalue weighted by molar-refractivity contribution is 0.174. The van der Waals surface area contributed by atoms with Gasteiger partial charge in [-0.25, -0.2) is 4.39 Å². The molecule has 2 nitrogen and oxygen atoms in total. The van der Waals surface area contributed by atoms with E-state index in [1.165, 1.54) is 6.07 Å². The SMILES string of the molecule is OC(Cc1ccccn1)Cc1cccc(F)c1Br. The third kappa shape index (κ3) is 3.37. The normalized spacial score (nSPS) is 12.4. The van der Waals surface area contributed by atoms with Gasteiger partial charge in [-0.05, 0) is 46.1 Å². The summed E-state index contributed by atoms with van der Waals surface area (Å²) in [5.74, 6) is -0.308. The Bertz CT molecular complexity index is 518. The van der Waals surface area contributed by atoms with Gasteiger partial charge in [0, 0.05) is 18.3 Å². The van der Waals surface area contributed by atoms with Crippen LogP contribution in [0.1, 0.15) is 11.3 Å². The lowest BCUT2D eigenvalue weighted by Crippen LogP contribution is -2.15. The molecule has 18 heavy (non-hydrogen) atoms. The standard InChI is InChI=1S/C14H13BrFNO/c15-14-10(4-3-6-13(14)16)8-12(18)9-11-5-1-2-7-17-11/h1-7,12,18H,8-9H2. The molecule has 0 spiro atoms. The summed E-state index contributed by atoms with van der Waals surface area (Å²) in [6.45, 7) is 0. The van der Waals surface area contributed by atoms with E-state index in [0.717, 1.165) is 11.3 Å². The van der Waals surface area contributed by atoms with Crippen molar-refractivity contribution < 1.29 is 9.50 Å². The molecule has 0 radical (unpaired) electrons. The molecule has 0 saturated carbocycles. The third-order valence-electron chi connectivity index (χ3n) is 2.66. The summed E-state index contributed by atoms with van der Waals surface area (Å²) in [5, 5.41) is 9.99. The van der Waals surface area contributed by atoms with E-state index in [1.807, 2.05) is 18.2 Å². The summed E-state index contributed by atoms with van der Waals surface area (Å²) >= 11 is 3.19. The first-order valence-corrected chi connectivity index (χ1v) is 6.47. The maximum absolute atomic E-state index is 13.3. The fourth-order valence-electron chi connectivity index (χ4n) is 1.79. The first-order chi connectivity index (χ1) is 8.66. The Kier molecular flexibility index (Phi) is 4.44. The van der Waals surface area contributed by atoms with Crippen molar-refractivity contribution in [2.75, 3.05) is 0 Å². The van der Waals surface area contributed by atoms with Gasteiger partial charge >= 0.3 is 0 Å². The van der Waals surface area contributed by atoms with E-state index in [1.54, 1.807) is 18.3 Å². The average molecular weight is 310 g/mol. The molecule has 1 N–H and O–H groups in total. The van der Waals surface area contributed by atoms with E-state index in [9.17, 15) is 9.50 Å². The van der Waals surface area contributed by atoms with Crippen molar-refractivity contribution in [3.05, 3.63) is 64.1 Å². The van der Waals surface area contributed by atoms with Crippen LogP contribution in [0.5, 0.6) is 0 Å². The van der Waals surface area contributed by atoms with Crippen LogP contribution in [0, 0.1) is 5.82 Å². The number of hydrogen-bond donors (Lipinski definition) is 1. The number of aliphatic hydroxyl groups excluding tert-OH is 1.